The highest BCUT2D eigenvalue weighted by Crippen LogP contribution is 2.18. The fourth-order valence-corrected chi connectivity index (χ4v) is 2.38. The number of hydrogen-bond acceptors (Lipinski definition) is 3. The zero-order chi connectivity index (χ0) is 14.5. The first-order valence-corrected chi connectivity index (χ1v) is 7.31. The van der Waals surface area contributed by atoms with Gasteiger partial charge < -0.3 is 5.32 Å². The van der Waals surface area contributed by atoms with Gasteiger partial charge in [-0.3, -0.25) is 9.67 Å². The maximum Gasteiger partial charge on any atom is 0.0624 e. The average Bonchev–Trinajstić information content (AvgIpc) is 2.80. The topological polar surface area (TPSA) is 42.7 Å². The molecule has 0 amide bonds. The number of pyridine rings is 1. The van der Waals surface area contributed by atoms with Crippen LogP contribution >= 0.6 is 0 Å². The number of aryl methyl sites for hydroxylation is 3. The Morgan fingerprint density at radius 2 is 2.10 bits per heavy atom. The maximum atomic E-state index is 4.52. The van der Waals surface area contributed by atoms with E-state index in [2.05, 4.69) is 47.4 Å². The lowest BCUT2D eigenvalue weighted by Gasteiger charge is -2.18. The molecule has 4 nitrogen and oxygen atoms in total. The van der Waals surface area contributed by atoms with Crippen LogP contribution in [0.1, 0.15) is 42.5 Å². The van der Waals surface area contributed by atoms with Gasteiger partial charge in [0.05, 0.1) is 5.69 Å². The molecule has 1 N–H and O–H groups in total. The van der Waals surface area contributed by atoms with E-state index < -0.39 is 0 Å². The number of nitrogens with zero attached hydrogens (tertiary/aromatic N) is 3. The fourth-order valence-electron chi connectivity index (χ4n) is 2.38. The smallest absolute Gasteiger partial charge is 0.0624 e. The molecular weight excluding hydrogens is 248 g/mol. The Morgan fingerprint density at radius 1 is 1.30 bits per heavy atom. The minimum absolute atomic E-state index is 0.285. The maximum absolute atomic E-state index is 4.52. The average molecular weight is 272 g/mol. The van der Waals surface area contributed by atoms with Crippen molar-refractivity contribution in [2.75, 3.05) is 6.54 Å². The number of aromatic nitrogens is 3. The molecule has 0 saturated heterocycles. The van der Waals surface area contributed by atoms with Crippen LogP contribution in [0.3, 0.4) is 0 Å². The number of nitrogens with one attached hydrogen (secondary N) is 1. The molecule has 108 valence electrons. The molecule has 2 heterocycles. The molecule has 4 heteroatoms. The Kier molecular flexibility index (Phi) is 4.90. The third-order valence-corrected chi connectivity index (χ3v) is 3.59. The SMILES string of the molecule is CCNC(Cc1cc(CC)nn1C)c1ccc(C)nc1. The van der Waals surface area contributed by atoms with E-state index in [1.54, 1.807) is 0 Å². The van der Waals surface area contributed by atoms with E-state index in [0.29, 0.717) is 0 Å². The summed E-state index contributed by atoms with van der Waals surface area (Å²) in [5.41, 5.74) is 4.70. The first-order valence-electron chi connectivity index (χ1n) is 7.31. The first-order chi connectivity index (χ1) is 9.63. The van der Waals surface area contributed by atoms with E-state index >= 15 is 0 Å². The monoisotopic (exact) mass is 272 g/mol. The number of rotatable bonds is 6. The highest BCUT2D eigenvalue weighted by atomic mass is 15.3. The second-order valence-corrected chi connectivity index (χ2v) is 5.15. The highest BCUT2D eigenvalue weighted by molar-refractivity contribution is 5.21. The molecule has 0 fully saturated rings. The Balaban J connectivity index is 2.20. The lowest BCUT2D eigenvalue weighted by atomic mass is 10.0. The molecule has 2 aromatic rings. The molecule has 2 aromatic heterocycles. The predicted molar refractivity (Wildman–Crippen MR) is 81.7 cm³/mol. The molecule has 1 atom stereocenters. The molecule has 1 unspecified atom stereocenters. The van der Waals surface area contributed by atoms with Crippen LogP contribution in [0.2, 0.25) is 0 Å². The summed E-state index contributed by atoms with van der Waals surface area (Å²) in [7, 11) is 2.02. The van der Waals surface area contributed by atoms with Crippen molar-refractivity contribution in [3.8, 4) is 0 Å². The first kappa shape index (κ1) is 14.7. The summed E-state index contributed by atoms with van der Waals surface area (Å²) in [4.78, 5) is 4.41. The van der Waals surface area contributed by atoms with E-state index in [1.807, 2.05) is 24.9 Å². The van der Waals surface area contributed by atoms with Gasteiger partial charge in [-0.25, -0.2) is 0 Å². The van der Waals surface area contributed by atoms with Crippen molar-refractivity contribution < 1.29 is 0 Å². The quantitative estimate of drug-likeness (QED) is 0.879. The Labute approximate surface area is 121 Å². The molecule has 0 bridgehead atoms. The van der Waals surface area contributed by atoms with Crippen LogP contribution in [-0.4, -0.2) is 21.3 Å². The van der Waals surface area contributed by atoms with Crippen molar-refractivity contribution in [2.24, 2.45) is 7.05 Å². The molecule has 0 aliphatic rings. The number of likely N-dealkylation sites (N-methyl/N-ethyl adjacent to an activating group) is 1. The second-order valence-electron chi connectivity index (χ2n) is 5.15. The van der Waals surface area contributed by atoms with Gasteiger partial charge in [-0.2, -0.15) is 5.10 Å². The molecule has 0 spiro atoms. The fraction of sp³-hybridized carbons (Fsp3) is 0.500. The molecule has 0 aliphatic carbocycles. The highest BCUT2D eigenvalue weighted by Gasteiger charge is 2.14. The lowest BCUT2D eigenvalue weighted by molar-refractivity contribution is 0.527. The van der Waals surface area contributed by atoms with Crippen molar-refractivity contribution in [3.05, 3.63) is 47.0 Å². The molecule has 20 heavy (non-hydrogen) atoms. The largest absolute Gasteiger partial charge is 0.310 e. The van der Waals surface area contributed by atoms with E-state index in [4.69, 9.17) is 0 Å². The van der Waals surface area contributed by atoms with Gasteiger partial charge in [-0.15, -0.1) is 0 Å². The third-order valence-electron chi connectivity index (χ3n) is 3.59. The summed E-state index contributed by atoms with van der Waals surface area (Å²) in [5.74, 6) is 0. The molecular formula is C16H24N4. The summed E-state index contributed by atoms with van der Waals surface area (Å²) >= 11 is 0. The molecule has 2 rings (SSSR count). The second kappa shape index (κ2) is 6.66. The van der Waals surface area contributed by atoms with Crippen LogP contribution in [0.5, 0.6) is 0 Å². The van der Waals surface area contributed by atoms with Crippen molar-refractivity contribution >= 4 is 0 Å². The lowest BCUT2D eigenvalue weighted by Crippen LogP contribution is -2.24. The minimum atomic E-state index is 0.285. The van der Waals surface area contributed by atoms with Gasteiger partial charge in [-0.1, -0.05) is 19.9 Å². The van der Waals surface area contributed by atoms with Gasteiger partial charge >= 0.3 is 0 Å². The van der Waals surface area contributed by atoms with E-state index in [0.717, 1.165) is 30.8 Å². The van der Waals surface area contributed by atoms with Crippen LogP contribution in [0.15, 0.2) is 24.4 Å². The zero-order valence-corrected chi connectivity index (χ0v) is 12.8. The van der Waals surface area contributed by atoms with Crippen molar-refractivity contribution in [2.45, 2.75) is 39.7 Å². The van der Waals surface area contributed by atoms with Gasteiger partial charge in [0.2, 0.25) is 0 Å². The van der Waals surface area contributed by atoms with Crippen LogP contribution < -0.4 is 5.32 Å². The van der Waals surface area contributed by atoms with Crippen LogP contribution in [-0.2, 0) is 19.9 Å². The Bertz CT molecular complexity index is 542. The molecule has 0 aromatic carbocycles. The predicted octanol–water partition coefficient (Wildman–Crippen LogP) is 2.58. The minimum Gasteiger partial charge on any atom is -0.310 e. The zero-order valence-electron chi connectivity index (χ0n) is 12.8. The standard InChI is InChI=1S/C16H24N4/c1-5-14-9-15(20(4)19-14)10-16(17-6-2)13-8-7-12(3)18-11-13/h7-9,11,16-17H,5-6,10H2,1-4H3. The van der Waals surface area contributed by atoms with E-state index in [-0.39, 0.29) is 6.04 Å². The Morgan fingerprint density at radius 3 is 2.65 bits per heavy atom. The Hall–Kier alpha value is -1.68. The van der Waals surface area contributed by atoms with Gasteiger partial charge in [0.1, 0.15) is 0 Å². The van der Waals surface area contributed by atoms with Crippen molar-refractivity contribution in [1.29, 1.82) is 0 Å². The molecule has 0 radical (unpaired) electrons. The molecule has 0 aliphatic heterocycles. The normalized spacial score (nSPS) is 12.6. The van der Waals surface area contributed by atoms with Crippen LogP contribution in [0.4, 0.5) is 0 Å². The third kappa shape index (κ3) is 3.45. The van der Waals surface area contributed by atoms with Gasteiger partial charge in [0.25, 0.3) is 0 Å². The summed E-state index contributed by atoms with van der Waals surface area (Å²) in [6.07, 6.45) is 3.88. The van der Waals surface area contributed by atoms with Crippen LogP contribution in [0, 0.1) is 6.92 Å². The number of hydrogen-bond donors (Lipinski definition) is 1. The summed E-state index contributed by atoms with van der Waals surface area (Å²) < 4.78 is 1.99. The summed E-state index contributed by atoms with van der Waals surface area (Å²) in [5, 5.41) is 8.06. The van der Waals surface area contributed by atoms with Crippen molar-refractivity contribution in [3.63, 3.8) is 0 Å². The van der Waals surface area contributed by atoms with Gasteiger partial charge in [-0.05, 0) is 37.6 Å². The van der Waals surface area contributed by atoms with Gasteiger partial charge in [0, 0.05) is 37.1 Å². The van der Waals surface area contributed by atoms with E-state index in [9.17, 15) is 0 Å². The van der Waals surface area contributed by atoms with Gasteiger partial charge in [0.15, 0.2) is 0 Å². The van der Waals surface area contributed by atoms with Crippen LogP contribution in [0.25, 0.3) is 0 Å². The summed E-state index contributed by atoms with van der Waals surface area (Å²) in [6.45, 7) is 7.23. The van der Waals surface area contributed by atoms with E-state index in [1.165, 1.54) is 11.3 Å². The summed E-state index contributed by atoms with van der Waals surface area (Å²) in [6, 6.07) is 6.72. The van der Waals surface area contributed by atoms with Crippen molar-refractivity contribution in [1.82, 2.24) is 20.1 Å². The molecule has 0 saturated carbocycles.